The standard InChI is InChI=1S/C12H13NO2S/c1-2-3-6-15-12(14)9-4-5-10-11(7-9)16-8-13-10/h4-5,7-8H,2-3,6H2,1H3. The zero-order chi connectivity index (χ0) is 11.4. The van der Waals surface area contributed by atoms with Crippen LogP contribution in [0, 0.1) is 0 Å². The Kier molecular flexibility index (Phi) is 3.51. The van der Waals surface area contributed by atoms with Gasteiger partial charge in [0.2, 0.25) is 0 Å². The molecule has 0 atom stereocenters. The summed E-state index contributed by atoms with van der Waals surface area (Å²) in [7, 11) is 0. The van der Waals surface area contributed by atoms with Crippen LogP contribution < -0.4 is 0 Å². The maximum absolute atomic E-state index is 11.6. The number of carbonyl (C=O) groups is 1. The first-order valence-corrected chi connectivity index (χ1v) is 6.19. The van der Waals surface area contributed by atoms with Crippen molar-refractivity contribution < 1.29 is 9.53 Å². The lowest BCUT2D eigenvalue weighted by atomic mass is 10.2. The predicted octanol–water partition coefficient (Wildman–Crippen LogP) is 3.25. The van der Waals surface area contributed by atoms with E-state index in [4.69, 9.17) is 4.74 Å². The predicted molar refractivity (Wildman–Crippen MR) is 64.8 cm³/mol. The number of hydrogen-bond acceptors (Lipinski definition) is 4. The van der Waals surface area contributed by atoms with Crippen LogP contribution in [-0.2, 0) is 4.74 Å². The van der Waals surface area contributed by atoms with E-state index < -0.39 is 0 Å². The second kappa shape index (κ2) is 5.07. The fourth-order valence-corrected chi connectivity index (χ4v) is 2.09. The smallest absolute Gasteiger partial charge is 0.338 e. The number of hydrogen-bond donors (Lipinski definition) is 0. The molecule has 0 N–H and O–H groups in total. The van der Waals surface area contributed by atoms with Crippen LogP contribution >= 0.6 is 11.3 Å². The highest BCUT2D eigenvalue weighted by molar-refractivity contribution is 7.16. The number of nitrogens with zero attached hydrogens (tertiary/aromatic N) is 1. The Morgan fingerprint density at radius 1 is 1.50 bits per heavy atom. The highest BCUT2D eigenvalue weighted by atomic mass is 32.1. The van der Waals surface area contributed by atoms with Crippen molar-refractivity contribution >= 4 is 27.5 Å². The number of rotatable bonds is 4. The maximum Gasteiger partial charge on any atom is 0.338 e. The van der Waals surface area contributed by atoms with Gasteiger partial charge in [0.25, 0.3) is 0 Å². The molecule has 0 aliphatic rings. The van der Waals surface area contributed by atoms with Crippen LogP contribution in [-0.4, -0.2) is 17.6 Å². The summed E-state index contributed by atoms with van der Waals surface area (Å²) in [5.41, 5.74) is 3.31. The summed E-state index contributed by atoms with van der Waals surface area (Å²) in [6.45, 7) is 2.56. The Morgan fingerprint density at radius 3 is 3.19 bits per heavy atom. The number of ether oxygens (including phenoxy) is 1. The molecule has 0 aliphatic heterocycles. The number of esters is 1. The molecule has 16 heavy (non-hydrogen) atoms. The summed E-state index contributed by atoms with van der Waals surface area (Å²) >= 11 is 1.53. The monoisotopic (exact) mass is 235 g/mol. The molecule has 0 saturated carbocycles. The van der Waals surface area contributed by atoms with Crippen molar-refractivity contribution in [3.8, 4) is 0 Å². The Hall–Kier alpha value is -1.42. The van der Waals surface area contributed by atoms with Crippen LogP contribution in [0.3, 0.4) is 0 Å². The topological polar surface area (TPSA) is 39.2 Å². The summed E-state index contributed by atoms with van der Waals surface area (Å²) in [5, 5.41) is 0. The summed E-state index contributed by atoms with van der Waals surface area (Å²) in [6, 6.07) is 5.44. The number of carbonyl (C=O) groups excluding carboxylic acids is 1. The molecule has 0 amide bonds. The lowest BCUT2D eigenvalue weighted by Gasteiger charge is -2.03. The quantitative estimate of drug-likeness (QED) is 0.603. The number of thiazole rings is 1. The van der Waals surface area contributed by atoms with E-state index in [0.29, 0.717) is 12.2 Å². The first-order valence-electron chi connectivity index (χ1n) is 5.31. The second-order valence-corrected chi connectivity index (χ2v) is 4.41. The zero-order valence-corrected chi connectivity index (χ0v) is 9.92. The van der Waals surface area contributed by atoms with Crippen molar-refractivity contribution in [2.45, 2.75) is 19.8 Å². The van der Waals surface area contributed by atoms with Crippen molar-refractivity contribution in [3.05, 3.63) is 29.3 Å². The van der Waals surface area contributed by atoms with Crippen LogP contribution in [0.1, 0.15) is 30.1 Å². The minimum absolute atomic E-state index is 0.247. The lowest BCUT2D eigenvalue weighted by Crippen LogP contribution is -2.05. The number of unbranched alkanes of at least 4 members (excludes halogenated alkanes) is 1. The van der Waals surface area contributed by atoms with Gasteiger partial charge in [-0.05, 0) is 24.6 Å². The Morgan fingerprint density at radius 2 is 2.38 bits per heavy atom. The SMILES string of the molecule is CCCCOC(=O)c1ccc2ncsc2c1. The first kappa shape index (κ1) is 11.1. The van der Waals surface area contributed by atoms with Crippen LogP contribution in [0.15, 0.2) is 23.7 Å². The van der Waals surface area contributed by atoms with Crippen LogP contribution in [0.5, 0.6) is 0 Å². The van der Waals surface area contributed by atoms with Crippen molar-refractivity contribution in [1.29, 1.82) is 0 Å². The molecule has 1 aromatic carbocycles. The van der Waals surface area contributed by atoms with Gasteiger partial charge in [0.15, 0.2) is 0 Å². The molecule has 0 saturated heterocycles. The molecule has 4 heteroatoms. The molecule has 2 rings (SSSR count). The van der Waals surface area contributed by atoms with Gasteiger partial charge in [-0.2, -0.15) is 0 Å². The van der Waals surface area contributed by atoms with Gasteiger partial charge in [0.05, 0.1) is 27.9 Å². The van der Waals surface area contributed by atoms with E-state index in [1.54, 1.807) is 11.6 Å². The van der Waals surface area contributed by atoms with E-state index in [1.807, 2.05) is 12.1 Å². The Bertz CT molecular complexity index is 492. The number of fused-ring (bicyclic) bond motifs is 1. The van der Waals surface area contributed by atoms with Crippen molar-refractivity contribution in [2.75, 3.05) is 6.61 Å². The van der Waals surface area contributed by atoms with Crippen LogP contribution in [0.25, 0.3) is 10.2 Å². The molecule has 84 valence electrons. The van der Waals surface area contributed by atoms with E-state index in [1.165, 1.54) is 11.3 Å². The van der Waals surface area contributed by atoms with Gasteiger partial charge in [0.1, 0.15) is 0 Å². The molecule has 1 heterocycles. The largest absolute Gasteiger partial charge is 0.462 e. The normalized spacial score (nSPS) is 10.6. The highest BCUT2D eigenvalue weighted by Crippen LogP contribution is 2.19. The Balaban J connectivity index is 2.10. The molecule has 1 aromatic heterocycles. The second-order valence-electron chi connectivity index (χ2n) is 3.52. The third-order valence-corrected chi connectivity index (χ3v) is 3.09. The van der Waals surface area contributed by atoms with E-state index >= 15 is 0 Å². The molecular formula is C12H13NO2S. The molecule has 3 nitrogen and oxygen atoms in total. The summed E-state index contributed by atoms with van der Waals surface area (Å²) < 4.78 is 6.16. The minimum atomic E-state index is -0.247. The molecule has 2 aromatic rings. The summed E-state index contributed by atoms with van der Waals surface area (Å²) in [6.07, 6.45) is 1.94. The van der Waals surface area contributed by atoms with Gasteiger partial charge in [0, 0.05) is 0 Å². The Labute approximate surface area is 98.1 Å². The van der Waals surface area contributed by atoms with Crippen molar-refractivity contribution in [2.24, 2.45) is 0 Å². The highest BCUT2D eigenvalue weighted by Gasteiger charge is 2.08. The van der Waals surface area contributed by atoms with E-state index in [0.717, 1.165) is 23.1 Å². The van der Waals surface area contributed by atoms with Crippen molar-refractivity contribution in [3.63, 3.8) is 0 Å². The fraction of sp³-hybridized carbons (Fsp3) is 0.333. The molecule has 0 spiro atoms. The van der Waals surface area contributed by atoms with Crippen LogP contribution in [0.2, 0.25) is 0 Å². The molecule has 0 fully saturated rings. The molecule has 0 aliphatic carbocycles. The first-order chi connectivity index (χ1) is 7.81. The van der Waals surface area contributed by atoms with Gasteiger partial charge >= 0.3 is 5.97 Å². The van der Waals surface area contributed by atoms with Crippen LogP contribution in [0.4, 0.5) is 0 Å². The van der Waals surface area contributed by atoms with Gasteiger partial charge in [-0.15, -0.1) is 11.3 Å². The summed E-state index contributed by atoms with van der Waals surface area (Å²) in [4.78, 5) is 15.8. The van der Waals surface area contributed by atoms with Gasteiger partial charge in [-0.25, -0.2) is 9.78 Å². The molecule has 0 bridgehead atoms. The average molecular weight is 235 g/mol. The average Bonchev–Trinajstić information content (AvgIpc) is 2.76. The molecular weight excluding hydrogens is 222 g/mol. The van der Waals surface area contributed by atoms with Gasteiger partial charge < -0.3 is 4.74 Å². The molecule has 0 radical (unpaired) electrons. The zero-order valence-electron chi connectivity index (χ0n) is 9.10. The number of aromatic nitrogens is 1. The van der Waals surface area contributed by atoms with E-state index in [-0.39, 0.29) is 5.97 Å². The lowest BCUT2D eigenvalue weighted by molar-refractivity contribution is 0.0500. The minimum Gasteiger partial charge on any atom is -0.462 e. The van der Waals surface area contributed by atoms with Crippen molar-refractivity contribution in [1.82, 2.24) is 4.98 Å². The van der Waals surface area contributed by atoms with Gasteiger partial charge in [-0.1, -0.05) is 13.3 Å². The van der Waals surface area contributed by atoms with E-state index in [2.05, 4.69) is 11.9 Å². The van der Waals surface area contributed by atoms with Gasteiger partial charge in [-0.3, -0.25) is 0 Å². The molecule has 0 unspecified atom stereocenters. The fourth-order valence-electron chi connectivity index (χ4n) is 1.37. The summed E-state index contributed by atoms with van der Waals surface area (Å²) in [5.74, 6) is -0.247. The number of benzene rings is 1. The van der Waals surface area contributed by atoms with E-state index in [9.17, 15) is 4.79 Å². The maximum atomic E-state index is 11.6. The third-order valence-electron chi connectivity index (χ3n) is 2.30. The third kappa shape index (κ3) is 2.39.